The highest BCUT2D eigenvalue weighted by atomic mass is 35.5. The summed E-state index contributed by atoms with van der Waals surface area (Å²) in [5, 5.41) is 25.2. The van der Waals surface area contributed by atoms with E-state index in [9.17, 15) is 5.11 Å². The first-order valence-corrected chi connectivity index (χ1v) is 8.24. The summed E-state index contributed by atoms with van der Waals surface area (Å²) >= 11 is 5.71. The van der Waals surface area contributed by atoms with Gasteiger partial charge < -0.3 is 20.6 Å². The van der Waals surface area contributed by atoms with Crippen LogP contribution < -0.4 is 15.7 Å². The van der Waals surface area contributed by atoms with Crippen LogP contribution in [-0.4, -0.2) is 33.1 Å². The Bertz CT molecular complexity index is 867. The number of rotatable bonds is 6. The standard InChI is InChI=1S/C17H18ClN7O/c1-20-8-13(14(18)19)22-16-21-7-12-10-25(17(26)24-15(12)23-16)9-11-5-3-2-4-6-11/h2-8,19-20H,9-10H2,1H3,(H2,21,22,23,24,26)/p-1/b13-8+,19-14?. The van der Waals surface area contributed by atoms with Gasteiger partial charge in [0.1, 0.15) is 5.17 Å². The Hall–Kier alpha value is -3.13. The molecule has 3 rings (SSSR count). The third-order valence-corrected chi connectivity index (χ3v) is 3.87. The molecule has 1 aromatic heterocycles. The van der Waals surface area contributed by atoms with E-state index in [1.54, 1.807) is 18.1 Å². The van der Waals surface area contributed by atoms with Crippen molar-refractivity contribution in [1.82, 2.24) is 20.2 Å². The van der Waals surface area contributed by atoms with E-state index in [0.29, 0.717) is 24.6 Å². The molecule has 9 heteroatoms. The van der Waals surface area contributed by atoms with E-state index in [2.05, 4.69) is 25.6 Å². The number of aliphatic imine (C=N–C) groups is 1. The first kappa shape index (κ1) is 17.7. The van der Waals surface area contributed by atoms with Crippen molar-refractivity contribution in [2.45, 2.75) is 13.1 Å². The Labute approximate surface area is 155 Å². The molecule has 0 saturated carbocycles. The number of nitrogens with zero attached hydrogens (tertiary/aromatic N) is 4. The van der Waals surface area contributed by atoms with Crippen LogP contribution in [0.3, 0.4) is 0 Å². The van der Waals surface area contributed by atoms with Crippen LogP contribution in [0.25, 0.3) is 0 Å². The molecular formula is C17H17ClN7O-. The molecule has 2 aromatic rings. The summed E-state index contributed by atoms with van der Waals surface area (Å²) in [7, 11) is 1.69. The molecule has 0 unspecified atom stereocenters. The Morgan fingerprint density at radius 1 is 1.38 bits per heavy atom. The van der Waals surface area contributed by atoms with E-state index in [0.717, 1.165) is 11.1 Å². The molecule has 0 bridgehead atoms. The van der Waals surface area contributed by atoms with E-state index in [1.807, 2.05) is 30.3 Å². The monoisotopic (exact) mass is 370 g/mol. The number of amidine groups is 1. The lowest BCUT2D eigenvalue weighted by Gasteiger charge is -2.33. The molecule has 26 heavy (non-hydrogen) atoms. The minimum Gasteiger partial charge on any atom is -0.846 e. The van der Waals surface area contributed by atoms with Gasteiger partial charge in [-0.3, -0.25) is 5.41 Å². The van der Waals surface area contributed by atoms with Crippen LogP contribution in [0.4, 0.5) is 11.8 Å². The second-order valence-corrected chi connectivity index (χ2v) is 5.94. The van der Waals surface area contributed by atoms with Gasteiger partial charge in [-0.2, -0.15) is 4.98 Å². The minimum atomic E-state index is -0.345. The van der Waals surface area contributed by atoms with Crippen LogP contribution in [0.5, 0.6) is 0 Å². The molecule has 0 atom stereocenters. The van der Waals surface area contributed by atoms with Gasteiger partial charge in [0.25, 0.3) is 0 Å². The number of hydrogen-bond acceptors (Lipinski definition) is 8. The molecule has 0 saturated heterocycles. The van der Waals surface area contributed by atoms with E-state index >= 15 is 0 Å². The Morgan fingerprint density at radius 2 is 2.15 bits per heavy atom. The lowest BCUT2D eigenvalue weighted by molar-refractivity contribution is -0.236. The van der Waals surface area contributed by atoms with Crippen molar-refractivity contribution in [3.63, 3.8) is 0 Å². The molecule has 0 radical (unpaired) electrons. The fraction of sp³-hybridized carbons (Fsp3) is 0.176. The molecular weight excluding hydrogens is 354 g/mol. The summed E-state index contributed by atoms with van der Waals surface area (Å²) in [4.78, 5) is 14.2. The molecule has 1 aromatic carbocycles. The van der Waals surface area contributed by atoms with Crippen molar-refractivity contribution in [3.8, 4) is 0 Å². The Morgan fingerprint density at radius 3 is 2.85 bits per heavy atom. The molecule has 2 heterocycles. The molecule has 1 aliphatic rings. The van der Waals surface area contributed by atoms with Gasteiger partial charge in [-0.15, -0.1) is 0 Å². The summed E-state index contributed by atoms with van der Waals surface area (Å²) in [5.41, 5.74) is 2.09. The topological polar surface area (TPSA) is 112 Å². The van der Waals surface area contributed by atoms with Crippen LogP contribution in [-0.2, 0) is 13.1 Å². The third kappa shape index (κ3) is 4.09. The van der Waals surface area contributed by atoms with Crippen LogP contribution in [0.15, 0.2) is 53.4 Å². The number of aromatic nitrogens is 2. The first-order chi connectivity index (χ1) is 12.6. The molecule has 0 aliphatic carbocycles. The highest BCUT2D eigenvalue weighted by molar-refractivity contribution is 6.68. The normalized spacial score (nSPS) is 13.7. The zero-order valence-corrected chi connectivity index (χ0v) is 14.8. The van der Waals surface area contributed by atoms with Crippen LogP contribution in [0.2, 0.25) is 0 Å². The predicted octanol–water partition coefficient (Wildman–Crippen LogP) is 1.53. The number of fused-ring (bicyclic) bond motifs is 1. The third-order valence-electron chi connectivity index (χ3n) is 3.66. The van der Waals surface area contributed by atoms with E-state index in [-0.39, 0.29) is 17.1 Å². The Kier molecular flexibility index (Phi) is 5.33. The summed E-state index contributed by atoms with van der Waals surface area (Å²) in [6, 6.07) is 9.37. The molecule has 0 spiro atoms. The van der Waals surface area contributed by atoms with E-state index in [1.165, 1.54) is 6.20 Å². The average Bonchev–Trinajstić information content (AvgIpc) is 2.63. The van der Waals surface area contributed by atoms with Crippen molar-refractivity contribution in [2.24, 2.45) is 4.99 Å². The number of anilines is 1. The molecule has 134 valence electrons. The second kappa shape index (κ2) is 7.83. The van der Waals surface area contributed by atoms with Crippen LogP contribution >= 0.6 is 11.6 Å². The lowest BCUT2D eigenvalue weighted by Crippen LogP contribution is -2.40. The molecule has 3 N–H and O–H groups in total. The van der Waals surface area contributed by atoms with E-state index < -0.39 is 0 Å². The molecule has 8 nitrogen and oxygen atoms in total. The predicted molar refractivity (Wildman–Crippen MR) is 99.2 cm³/mol. The van der Waals surface area contributed by atoms with Gasteiger partial charge in [0.15, 0.2) is 5.82 Å². The number of benzene rings is 1. The maximum absolute atomic E-state index is 12.3. The number of allylic oxidation sites excluding steroid dienone is 1. The molecule has 0 amide bonds. The molecule has 1 aliphatic heterocycles. The summed E-state index contributed by atoms with van der Waals surface area (Å²) in [5.74, 6) is 0.533. The zero-order chi connectivity index (χ0) is 18.5. The quantitative estimate of drug-likeness (QED) is 0.665. The number of nitrogens with one attached hydrogen (secondary N) is 3. The van der Waals surface area contributed by atoms with Gasteiger partial charge in [-0.25, -0.2) is 9.98 Å². The largest absolute Gasteiger partial charge is 0.846 e. The van der Waals surface area contributed by atoms with Crippen molar-refractivity contribution in [3.05, 3.63) is 59.6 Å². The fourth-order valence-corrected chi connectivity index (χ4v) is 2.55. The maximum atomic E-state index is 12.3. The zero-order valence-electron chi connectivity index (χ0n) is 14.0. The smallest absolute Gasteiger partial charge is 0.229 e. The minimum absolute atomic E-state index is 0.192. The maximum Gasteiger partial charge on any atom is 0.229 e. The molecule has 0 fully saturated rings. The van der Waals surface area contributed by atoms with Crippen molar-refractivity contribution in [2.75, 3.05) is 12.4 Å². The first-order valence-electron chi connectivity index (χ1n) is 7.86. The van der Waals surface area contributed by atoms with Gasteiger partial charge in [0, 0.05) is 38.1 Å². The fourth-order valence-electron chi connectivity index (χ4n) is 2.45. The van der Waals surface area contributed by atoms with Gasteiger partial charge in [-0.05, 0) is 5.56 Å². The van der Waals surface area contributed by atoms with Crippen LogP contribution in [0, 0.1) is 5.41 Å². The number of halogens is 1. The second-order valence-electron chi connectivity index (χ2n) is 5.56. The van der Waals surface area contributed by atoms with Crippen molar-refractivity contribution >= 4 is 34.6 Å². The Balaban J connectivity index is 1.79. The average molecular weight is 371 g/mol. The van der Waals surface area contributed by atoms with E-state index in [4.69, 9.17) is 17.0 Å². The SMILES string of the molecule is CN/C=C(/Nc1ncc2c(n1)N=C([O-])N(Cc1ccccc1)C2)C(=N)Cl. The highest BCUT2D eigenvalue weighted by Crippen LogP contribution is 2.25. The van der Waals surface area contributed by atoms with Gasteiger partial charge >= 0.3 is 0 Å². The lowest BCUT2D eigenvalue weighted by atomic mass is 10.2. The van der Waals surface area contributed by atoms with Gasteiger partial charge in [0.05, 0.1) is 11.7 Å². The van der Waals surface area contributed by atoms with Crippen molar-refractivity contribution < 1.29 is 5.11 Å². The van der Waals surface area contributed by atoms with Gasteiger partial charge in [0.2, 0.25) is 5.95 Å². The summed E-state index contributed by atoms with van der Waals surface area (Å²) < 4.78 is 0. The van der Waals surface area contributed by atoms with Gasteiger partial charge in [-0.1, -0.05) is 41.9 Å². The number of hydrogen-bond donors (Lipinski definition) is 3. The van der Waals surface area contributed by atoms with Crippen molar-refractivity contribution in [1.29, 1.82) is 5.41 Å². The highest BCUT2D eigenvalue weighted by Gasteiger charge is 2.17. The summed E-state index contributed by atoms with van der Waals surface area (Å²) in [6.07, 6.45) is 3.13. The van der Waals surface area contributed by atoms with Crippen LogP contribution in [0.1, 0.15) is 11.1 Å². The summed E-state index contributed by atoms with van der Waals surface area (Å²) in [6.45, 7) is 0.860.